The van der Waals surface area contributed by atoms with Crippen LogP contribution in [0, 0.1) is 10.1 Å². The van der Waals surface area contributed by atoms with Crippen LogP contribution in [0.5, 0.6) is 17.4 Å². The molecule has 0 saturated heterocycles. The highest BCUT2D eigenvalue weighted by atomic mass is 16.6. The molecule has 0 spiro atoms. The van der Waals surface area contributed by atoms with Crippen molar-refractivity contribution in [1.29, 1.82) is 0 Å². The van der Waals surface area contributed by atoms with E-state index in [4.69, 9.17) is 9.47 Å². The Hall–Kier alpha value is -3.68. The van der Waals surface area contributed by atoms with Gasteiger partial charge in [-0.05, 0) is 54.8 Å². The molecule has 1 heterocycles. The predicted octanol–water partition coefficient (Wildman–Crippen LogP) is 5.44. The number of rotatable bonds is 8. The highest BCUT2D eigenvalue weighted by molar-refractivity contribution is 5.69. The molecule has 150 valence electrons. The molecule has 0 aliphatic rings. The summed E-state index contributed by atoms with van der Waals surface area (Å²) in [4.78, 5) is 19.1. The maximum absolute atomic E-state index is 11.7. The SMILES string of the molecule is CCOc1ccc(Nc2ncnc(Oc3ccc(C(C)C)cc3)c2[N+](=O)[O-])cc1. The lowest BCUT2D eigenvalue weighted by molar-refractivity contribution is -0.385. The van der Waals surface area contributed by atoms with E-state index >= 15 is 0 Å². The Morgan fingerprint density at radius 2 is 1.69 bits per heavy atom. The van der Waals surface area contributed by atoms with Gasteiger partial charge in [0.2, 0.25) is 5.82 Å². The lowest BCUT2D eigenvalue weighted by atomic mass is 10.0. The molecule has 0 aliphatic heterocycles. The maximum atomic E-state index is 11.7. The van der Waals surface area contributed by atoms with Crippen molar-refractivity contribution in [1.82, 2.24) is 9.97 Å². The van der Waals surface area contributed by atoms with E-state index in [1.54, 1.807) is 36.4 Å². The van der Waals surface area contributed by atoms with Gasteiger partial charge in [0.25, 0.3) is 0 Å². The molecule has 29 heavy (non-hydrogen) atoms. The summed E-state index contributed by atoms with van der Waals surface area (Å²) >= 11 is 0. The minimum absolute atomic E-state index is 0.0444. The lowest BCUT2D eigenvalue weighted by Gasteiger charge is -2.11. The van der Waals surface area contributed by atoms with Crippen LogP contribution in [0.2, 0.25) is 0 Å². The van der Waals surface area contributed by atoms with Crippen LogP contribution in [0.25, 0.3) is 0 Å². The van der Waals surface area contributed by atoms with E-state index in [9.17, 15) is 10.1 Å². The van der Waals surface area contributed by atoms with Crippen LogP contribution in [0.15, 0.2) is 54.9 Å². The van der Waals surface area contributed by atoms with Crippen molar-refractivity contribution in [3.63, 3.8) is 0 Å². The molecular formula is C21H22N4O4. The van der Waals surface area contributed by atoms with Gasteiger partial charge in [-0.15, -0.1) is 0 Å². The molecule has 0 radical (unpaired) electrons. The maximum Gasteiger partial charge on any atom is 0.373 e. The second kappa shape index (κ2) is 9.01. The Balaban J connectivity index is 1.86. The molecule has 8 nitrogen and oxygen atoms in total. The molecule has 3 aromatic rings. The molecule has 8 heteroatoms. The summed E-state index contributed by atoms with van der Waals surface area (Å²) in [6.07, 6.45) is 1.22. The monoisotopic (exact) mass is 394 g/mol. The third kappa shape index (κ3) is 4.98. The molecule has 2 aromatic carbocycles. The highest BCUT2D eigenvalue weighted by Gasteiger charge is 2.25. The van der Waals surface area contributed by atoms with Crippen molar-refractivity contribution in [2.24, 2.45) is 0 Å². The van der Waals surface area contributed by atoms with Gasteiger partial charge in [-0.1, -0.05) is 26.0 Å². The number of benzene rings is 2. The van der Waals surface area contributed by atoms with Gasteiger partial charge in [-0.2, -0.15) is 4.98 Å². The Bertz CT molecular complexity index is 973. The zero-order chi connectivity index (χ0) is 20.8. The van der Waals surface area contributed by atoms with Crippen molar-refractivity contribution >= 4 is 17.2 Å². The Kier molecular flexibility index (Phi) is 6.23. The standard InChI is InChI=1S/C21H22N4O4/c1-4-28-17-11-7-16(8-12-17)24-20-19(25(26)27)21(23-13-22-20)29-18-9-5-15(6-10-18)14(2)3/h5-14H,4H2,1-3H3,(H,22,23,24). The smallest absolute Gasteiger partial charge is 0.373 e. The Labute approximate surface area is 168 Å². The fourth-order valence-electron chi connectivity index (χ4n) is 2.66. The summed E-state index contributed by atoms with van der Waals surface area (Å²) in [6.45, 7) is 6.63. The lowest BCUT2D eigenvalue weighted by Crippen LogP contribution is -2.03. The van der Waals surface area contributed by atoms with Crippen LogP contribution in [-0.4, -0.2) is 21.5 Å². The normalized spacial score (nSPS) is 10.6. The van der Waals surface area contributed by atoms with E-state index < -0.39 is 4.92 Å². The molecule has 3 rings (SSSR count). The van der Waals surface area contributed by atoms with Crippen LogP contribution < -0.4 is 14.8 Å². The van der Waals surface area contributed by atoms with E-state index in [0.717, 1.165) is 5.56 Å². The van der Waals surface area contributed by atoms with Gasteiger partial charge in [-0.3, -0.25) is 10.1 Å². The first-order chi connectivity index (χ1) is 14.0. The van der Waals surface area contributed by atoms with Gasteiger partial charge in [0, 0.05) is 5.69 Å². The summed E-state index contributed by atoms with van der Waals surface area (Å²) in [5.74, 6) is 1.47. The number of hydrogen-bond donors (Lipinski definition) is 1. The van der Waals surface area contributed by atoms with Gasteiger partial charge < -0.3 is 14.8 Å². The topological polar surface area (TPSA) is 99.4 Å². The van der Waals surface area contributed by atoms with Crippen molar-refractivity contribution in [2.45, 2.75) is 26.7 Å². The van der Waals surface area contributed by atoms with Crippen molar-refractivity contribution in [3.05, 3.63) is 70.5 Å². The zero-order valence-corrected chi connectivity index (χ0v) is 16.5. The fourth-order valence-corrected chi connectivity index (χ4v) is 2.66. The predicted molar refractivity (Wildman–Crippen MR) is 110 cm³/mol. The molecule has 0 amide bonds. The molecule has 1 aromatic heterocycles. The first-order valence-electron chi connectivity index (χ1n) is 9.25. The average Bonchev–Trinajstić information content (AvgIpc) is 2.70. The van der Waals surface area contributed by atoms with Crippen molar-refractivity contribution < 1.29 is 14.4 Å². The molecule has 0 saturated carbocycles. The number of ether oxygens (including phenoxy) is 2. The number of hydrogen-bond acceptors (Lipinski definition) is 7. The van der Waals surface area contributed by atoms with Crippen LogP contribution in [0.1, 0.15) is 32.3 Å². The summed E-state index contributed by atoms with van der Waals surface area (Å²) < 4.78 is 11.1. The zero-order valence-electron chi connectivity index (χ0n) is 16.5. The van der Waals surface area contributed by atoms with Gasteiger partial charge in [0.05, 0.1) is 11.5 Å². The van der Waals surface area contributed by atoms with Crippen LogP contribution >= 0.6 is 0 Å². The number of nitro groups is 1. The molecule has 0 bridgehead atoms. The second-order valence-corrected chi connectivity index (χ2v) is 6.54. The van der Waals surface area contributed by atoms with Crippen LogP contribution in [0.3, 0.4) is 0 Å². The third-order valence-corrected chi connectivity index (χ3v) is 4.16. The number of nitrogens with one attached hydrogen (secondary N) is 1. The first-order valence-corrected chi connectivity index (χ1v) is 9.25. The average molecular weight is 394 g/mol. The van der Waals surface area contributed by atoms with E-state index in [0.29, 0.717) is 29.7 Å². The minimum Gasteiger partial charge on any atom is -0.494 e. The molecule has 0 unspecified atom stereocenters. The first kappa shape index (κ1) is 20.1. The number of anilines is 2. The van der Waals surface area contributed by atoms with Crippen molar-refractivity contribution in [2.75, 3.05) is 11.9 Å². The summed E-state index contributed by atoms with van der Waals surface area (Å²) in [5.41, 5.74) is 1.43. The van der Waals surface area contributed by atoms with Gasteiger partial charge in [0.15, 0.2) is 0 Å². The van der Waals surface area contributed by atoms with Crippen molar-refractivity contribution in [3.8, 4) is 17.4 Å². The Morgan fingerprint density at radius 1 is 1.03 bits per heavy atom. The number of nitrogens with zero attached hydrogens (tertiary/aromatic N) is 3. The molecule has 0 fully saturated rings. The summed E-state index contributed by atoms with van der Waals surface area (Å²) in [5, 5.41) is 14.6. The molecule has 0 atom stereocenters. The fraction of sp³-hybridized carbons (Fsp3) is 0.238. The summed E-state index contributed by atoms with van der Waals surface area (Å²) in [7, 11) is 0. The van der Waals surface area contributed by atoms with Crippen LogP contribution in [-0.2, 0) is 0 Å². The van der Waals surface area contributed by atoms with E-state index in [1.165, 1.54) is 6.33 Å². The van der Waals surface area contributed by atoms with E-state index in [1.807, 2.05) is 19.1 Å². The molecule has 0 aliphatic carbocycles. The van der Waals surface area contributed by atoms with Crippen LogP contribution in [0.4, 0.5) is 17.2 Å². The molecule has 1 N–H and O–H groups in total. The van der Waals surface area contributed by atoms with E-state index in [-0.39, 0.29) is 17.4 Å². The second-order valence-electron chi connectivity index (χ2n) is 6.54. The van der Waals surface area contributed by atoms with Gasteiger partial charge in [0.1, 0.15) is 17.8 Å². The van der Waals surface area contributed by atoms with Gasteiger partial charge in [-0.25, -0.2) is 4.98 Å². The quantitative estimate of drug-likeness (QED) is 0.401. The van der Waals surface area contributed by atoms with E-state index in [2.05, 4.69) is 29.1 Å². The third-order valence-electron chi connectivity index (χ3n) is 4.16. The summed E-state index contributed by atoms with van der Waals surface area (Å²) in [6, 6.07) is 14.4. The molecular weight excluding hydrogens is 372 g/mol. The highest BCUT2D eigenvalue weighted by Crippen LogP contribution is 2.35. The Morgan fingerprint density at radius 3 is 2.28 bits per heavy atom. The van der Waals surface area contributed by atoms with Gasteiger partial charge >= 0.3 is 11.6 Å². The largest absolute Gasteiger partial charge is 0.494 e. The minimum atomic E-state index is -0.561. The number of aromatic nitrogens is 2.